The van der Waals surface area contributed by atoms with Gasteiger partial charge in [0.1, 0.15) is 0 Å². The highest BCUT2D eigenvalue weighted by molar-refractivity contribution is 6.33. The molecule has 20 heavy (non-hydrogen) atoms. The van der Waals surface area contributed by atoms with E-state index in [0.717, 1.165) is 50.3 Å². The highest BCUT2D eigenvalue weighted by Gasteiger charge is 2.31. The van der Waals surface area contributed by atoms with Gasteiger partial charge in [0.25, 0.3) is 5.91 Å². The standard InChI is InChI=1S/C14H15ClF3NO/c15-12-7-6-9(14(16,17)18)8-11(12)13(20)19-10-4-2-1-3-5-10/h6-8,10H,1-5H2,(H,19,20). The summed E-state index contributed by atoms with van der Waals surface area (Å²) in [4.78, 5) is 12.1. The fourth-order valence-corrected chi connectivity index (χ4v) is 2.59. The number of amides is 1. The molecule has 0 saturated heterocycles. The minimum Gasteiger partial charge on any atom is -0.349 e. The van der Waals surface area contributed by atoms with Gasteiger partial charge in [0.15, 0.2) is 0 Å². The third kappa shape index (κ3) is 3.66. The molecule has 1 aliphatic rings. The summed E-state index contributed by atoms with van der Waals surface area (Å²) in [7, 11) is 0. The maximum absolute atomic E-state index is 12.6. The summed E-state index contributed by atoms with van der Waals surface area (Å²) in [6.45, 7) is 0. The molecule has 6 heteroatoms. The van der Waals surface area contributed by atoms with Crippen molar-refractivity contribution >= 4 is 17.5 Å². The molecule has 1 aliphatic carbocycles. The van der Waals surface area contributed by atoms with E-state index in [1.807, 2.05) is 0 Å². The molecule has 1 aromatic rings. The summed E-state index contributed by atoms with van der Waals surface area (Å²) >= 11 is 5.83. The number of hydrogen-bond acceptors (Lipinski definition) is 1. The molecule has 110 valence electrons. The van der Waals surface area contributed by atoms with Gasteiger partial charge in [0.2, 0.25) is 0 Å². The van der Waals surface area contributed by atoms with Crippen LogP contribution in [0.5, 0.6) is 0 Å². The third-order valence-electron chi connectivity index (χ3n) is 3.48. The third-order valence-corrected chi connectivity index (χ3v) is 3.81. The highest BCUT2D eigenvalue weighted by atomic mass is 35.5. The van der Waals surface area contributed by atoms with Crippen LogP contribution >= 0.6 is 11.6 Å². The number of halogens is 4. The van der Waals surface area contributed by atoms with Gasteiger partial charge in [-0.1, -0.05) is 30.9 Å². The van der Waals surface area contributed by atoms with Crippen LogP contribution < -0.4 is 5.32 Å². The Kier molecular flexibility index (Phi) is 4.58. The molecule has 0 atom stereocenters. The van der Waals surface area contributed by atoms with Crippen molar-refractivity contribution in [3.63, 3.8) is 0 Å². The lowest BCUT2D eigenvalue weighted by molar-refractivity contribution is -0.137. The minimum atomic E-state index is -4.48. The molecule has 0 unspecified atom stereocenters. The molecule has 0 aromatic heterocycles. The molecular weight excluding hydrogens is 291 g/mol. The predicted octanol–water partition coefficient (Wildman–Crippen LogP) is 4.42. The lowest BCUT2D eigenvalue weighted by Crippen LogP contribution is -2.36. The first-order chi connectivity index (χ1) is 9.38. The summed E-state index contributed by atoms with van der Waals surface area (Å²) < 4.78 is 37.9. The zero-order valence-electron chi connectivity index (χ0n) is 10.8. The number of alkyl halides is 3. The molecule has 1 amide bonds. The average molecular weight is 306 g/mol. The Bertz CT molecular complexity index is 496. The Hall–Kier alpha value is -1.23. The zero-order chi connectivity index (χ0) is 14.8. The molecule has 2 rings (SSSR count). The number of benzene rings is 1. The topological polar surface area (TPSA) is 29.1 Å². The van der Waals surface area contributed by atoms with Gasteiger partial charge in [0, 0.05) is 6.04 Å². The Morgan fingerprint density at radius 1 is 1.20 bits per heavy atom. The lowest BCUT2D eigenvalue weighted by Gasteiger charge is -2.23. The van der Waals surface area contributed by atoms with E-state index in [1.165, 1.54) is 0 Å². The summed E-state index contributed by atoms with van der Waals surface area (Å²) in [5.74, 6) is -0.534. The Balaban J connectivity index is 2.16. The smallest absolute Gasteiger partial charge is 0.349 e. The van der Waals surface area contributed by atoms with Crippen molar-refractivity contribution in [2.24, 2.45) is 0 Å². The molecule has 1 N–H and O–H groups in total. The van der Waals surface area contributed by atoms with Crippen LogP contribution in [-0.4, -0.2) is 11.9 Å². The zero-order valence-corrected chi connectivity index (χ0v) is 11.5. The van der Waals surface area contributed by atoms with Crippen LogP contribution in [0.25, 0.3) is 0 Å². The van der Waals surface area contributed by atoms with Crippen LogP contribution in [0.4, 0.5) is 13.2 Å². The van der Waals surface area contributed by atoms with E-state index in [2.05, 4.69) is 5.32 Å². The first kappa shape index (κ1) is 15.2. The molecule has 0 aliphatic heterocycles. The van der Waals surface area contributed by atoms with E-state index in [1.54, 1.807) is 0 Å². The van der Waals surface area contributed by atoms with Crippen LogP contribution in [0.2, 0.25) is 5.02 Å². The van der Waals surface area contributed by atoms with Crippen LogP contribution in [0.1, 0.15) is 48.0 Å². The first-order valence-electron chi connectivity index (χ1n) is 6.55. The van der Waals surface area contributed by atoms with Gasteiger partial charge in [-0.05, 0) is 31.0 Å². The van der Waals surface area contributed by atoms with E-state index in [-0.39, 0.29) is 16.6 Å². The van der Waals surface area contributed by atoms with E-state index >= 15 is 0 Å². The number of nitrogens with one attached hydrogen (secondary N) is 1. The Morgan fingerprint density at radius 2 is 1.85 bits per heavy atom. The molecule has 1 fully saturated rings. The number of rotatable bonds is 2. The number of carbonyl (C=O) groups excluding carboxylic acids is 1. The van der Waals surface area contributed by atoms with Crippen molar-refractivity contribution in [1.29, 1.82) is 0 Å². The van der Waals surface area contributed by atoms with Gasteiger partial charge in [-0.15, -0.1) is 0 Å². The quantitative estimate of drug-likeness (QED) is 0.861. The normalized spacial score (nSPS) is 17.0. The Morgan fingerprint density at radius 3 is 2.45 bits per heavy atom. The maximum Gasteiger partial charge on any atom is 0.416 e. The average Bonchev–Trinajstić information content (AvgIpc) is 2.39. The molecule has 1 saturated carbocycles. The summed E-state index contributed by atoms with van der Waals surface area (Å²) in [5, 5.41) is 2.80. The van der Waals surface area contributed by atoms with Gasteiger partial charge < -0.3 is 5.32 Å². The SMILES string of the molecule is O=C(NC1CCCCC1)c1cc(C(F)(F)F)ccc1Cl. The molecule has 0 radical (unpaired) electrons. The van der Waals surface area contributed by atoms with E-state index < -0.39 is 17.6 Å². The van der Waals surface area contributed by atoms with Crippen molar-refractivity contribution in [3.05, 3.63) is 34.3 Å². The van der Waals surface area contributed by atoms with E-state index in [4.69, 9.17) is 11.6 Å². The summed E-state index contributed by atoms with van der Waals surface area (Å²) in [6.07, 6.45) is 0.439. The molecule has 0 heterocycles. The fourth-order valence-electron chi connectivity index (χ4n) is 2.39. The van der Waals surface area contributed by atoms with Crippen LogP contribution in [0.3, 0.4) is 0 Å². The monoisotopic (exact) mass is 305 g/mol. The predicted molar refractivity (Wildman–Crippen MR) is 70.8 cm³/mol. The summed E-state index contributed by atoms with van der Waals surface area (Å²) in [6, 6.07) is 2.82. The number of hydrogen-bond donors (Lipinski definition) is 1. The van der Waals surface area contributed by atoms with E-state index in [0.29, 0.717) is 0 Å². The Labute approximate surface area is 120 Å². The van der Waals surface area contributed by atoms with Crippen molar-refractivity contribution in [3.8, 4) is 0 Å². The van der Waals surface area contributed by atoms with Crippen molar-refractivity contribution in [1.82, 2.24) is 5.32 Å². The van der Waals surface area contributed by atoms with E-state index in [9.17, 15) is 18.0 Å². The second-order valence-electron chi connectivity index (χ2n) is 5.00. The van der Waals surface area contributed by atoms with Crippen LogP contribution in [0, 0.1) is 0 Å². The highest BCUT2D eigenvalue weighted by Crippen LogP contribution is 2.32. The largest absolute Gasteiger partial charge is 0.416 e. The molecule has 2 nitrogen and oxygen atoms in total. The minimum absolute atomic E-state index is 0.0295. The van der Waals surface area contributed by atoms with Crippen molar-refractivity contribution in [2.75, 3.05) is 0 Å². The first-order valence-corrected chi connectivity index (χ1v) is 6.93. The van der Waals surface area contributed by atoms with Crippen LogP contribution in [0.15, 0.2) is 18.2 Å². The van der Waals surface area contributed by atoms with Gasteiger partial charge in [0.05, 0.1) is 16.1 Å². The van der Waals surface area contributed by atoms with Gasteiger partial charge in [-0.2, -0.15) is 13.2 Å². The van der Waals surface area contributed by atoms with Crippen molar-refractivity contribution in [2.45, 2.75) is 44.3 Å². The second-order valence-corrected chi connectivity index (χ2v) is 5.41. The molecule has 0 bridgehead atoms. The van der Waals surface area contributed by atoms with Crippen molar-refractivity contribution < 1.29 is 18.0 Å². The molecule has 1 aromatic carbocycles. The fraction of sp³-hybridized carbons (Fsp3) is 0.500. The van der Waals surface area contributed by atoms with Gasteiger partial charge in [-0.25, -0.2) is 0 Å². The van der Waals surface area contributed by atoms with Crippen LogP contribution in [-0.2, 0) is 6.18 Å². The molecular formula is C14H15ClF3NO. The maximum atomic E-state index is 12.6. The van der Waals surface area contributed by atoms with Gasteiger partial charge in [-0.3, -0.25) is 4.79 Å². The lowest BCUT2D eigenvalue weighted by atomic mass is 9.95. The second kappa shape index (κ2) is 6.04. The molecule has 0 spiro atoms. The number of carbonyl (C=O) groups is 1. The van der Waals surface area contributed by atoms with Gasteiger partial charge >= 0.3 is 6.18 Å². The summed E-state index contributed by atoms with van der Waals surface area (Å²) in [5.41, 5.74) is -0.984.